The first-order chi connectivity index (χ1) is 19.1. The van der Waals surface area contributed by atoms with Crippen LogP contribution in [0.5, 0.6) is 0 Å². The second-order valence-electron chi connectivity index (χ2n) is 11.3. The van der Waals surface area contributed by atoms with E-state index in [0.29, 0.717) is 43.6 Å². The second kappa shape index (κ2) is 11.3. The lowest BCUT2D eigenvalue weighted by molar-refractivity contribution is 0.0491. The first-order valence-corrected chi connectivity index (χ1v) is 14.6. The SMILES string of the molecule is CC(C)(C)OC(=O)NC1CCC(N(c2cc3ccc(C#N)cc3n2Cc2cccc3ccccc23)S(=O)O)CC1. The number of hydrogen-bond donors (Lipinski definition) is 2. The van der Waals surface area contributed by atoms with Crippen LogP contribution in [0.15, 0.2) is 66.7 Å². The zero-order valence-corrected chi connectivity index (χ0v) is 23.8. The Hall–Kier alpha value is -3.87. The van der Waals surface area contributed by atoms with Crippen LogP contribution < -0.4 is 9.62 Å². The molecule has 4 aromatic rings. The highest BCUT2D eigenvalue weighted by atomic mass is 32.2. The number of ether oxygens (including phenoxy) is 1. The summed E-state index contributed by atoms with van der Waals surface area (Å²) in [5, 5.41) is 15.6. The molecule has 1 unspecified atom stereocenters. The molecule has 1 fully saturated rings. The average molecular weight is 559 g/mol. The normalized spacial score (nSPS) is 18.3. The fourth-order valence-corrected chi connectivity index (χ4v) is 6.36. The number of nitrogens with zero attached hydrogens (tertiary/aromatic N) is 3. The van der Waals surface area contributed by atoms with Crippen LogP contribution in [0, 0.1) is 11.3 Å². The van der Waals surface area contributed by atoms with Gasteiger partial charge in [-0.3, -0.25) is 8.86 Å². The van der Waals surface area contributed by atoms with Crippen LogP contribution in [-0.4, -0.2) is 37.1 Å². The van der Waals surface area contributed by atoms with Gasteiger partial charge in [-0.15, -0.1) is 0 Å². The van der Waals surface area contributed by atoms with Crippen LogP contribution in [-0.2, 0) is 22.5 Å². The molecule has 40 heavy (non-hydrogen) atoms. The first-order valence-electron chi connectivity index (χ1n) is 13.5. The summed E-state index contributed by atoms with van der Waals surface area (Å²) in [7, 11) is 0. The highest BCUT2D eigenvalue weighted by molar-refractivity contribution is 7.80. The van der Waals surface area contributed by atoms with Crippen molar-refractivity contribution >= 4 is 44.9 Å². The van der Waals surface area contributed by atoms with Crippen LogP contribution in [0.3, 0.4) is 0 Å². The smallest absolute Gasteiger partial charge is 0.407 e. The largest absolute Gasteiger partial charge is 0.444 e. The van der Waals surface area contributed by atoms with Gasteiger partial charge in [-0.25, -0.2) is 9.00 Å². The molecular formula is C31H34N4O4S. The molecule has 0 spiro atoms. The Labute approximate surface area is 236 Å². The molecule has 1 saturated carbocycles. The van der Waals surface area contributed by atoms with Crippen LogP contribution in [0.25, 0.3) is 21.7 Å². The van der Waals surface area contributed by atoms with E-state index in [0.717, 1.165) is 27.2 Å². The number of nitrogens with one attached hydrogen (secondary N) is 1. The summed E-state index contributed by atoms with van der Waals surface area (Å²) in [6.45, 7) is 5.96. The van der Waals surface area contributed by atoms with Crippen molar-refractivity contribution in [3.63, 3.8) is 0 Å². The fourth-order valence-electron chi connectivity index (χ4n) is 5.58. The number of benzene rings is 3. The number of aromatic nitrogens is 1. The Morgan fingerprint density at radius 3 is 2.50 bits per heavy atom. The van der Waals surface area contributed by atoms with Gasteiger partial charge in [0.1, 0.15) is 11.4 Å². The van der Waals surface area contributed by atoms with Crippen molar-refractivity contribution in [1.29, 1.82) is 5.26 Å². The molecule has 8 nitrogen and oxygen atoms in total. The van der Waals surface area contributed by atoms with E-state index in [1.807, 2.05) is 61.7 Å². The summed E-state index contributed by atoms with van der Waals surface area (Å²) in [6.07, 6.45) is 2.15. The van der Waals surface area contributed by atoms with Crippen LogP contribution in [0.4, 0.5) is 10.6 Å². The van der Waals surface area contributed by atoms with Crippen LogP contribution in [0.2, 0.25) is 0 Å². The number of hydrogen-bond acceptors (Lipinski definition) is 4. The fraction of sp³-hybridized carbons (Fsp3) is 0.355. The van der Waals surface area contributed by atoms with Gasteiger partial charge in [-0.2, -0.15) is 5.26 Å². The van der Waals surface area contributed by atoms with Crippen LogP contribution >= 0.6 is 0 Å². The standard InChI is InChI=1S/C31H34N4O4S/c1-31(2,3)39-30(36)33-25-13-15-26(16-14-25)35(40(37)38)29-18-23-12-11-21(19-32)17-28(23)34(29)20-24-9-6-8-22-7-4-5-10-27(22)24/h4-12,17-18,25-26H,13-16,20H2,1-3H3,(H,33,36)(H,37,38). The molecule has 1 aliphatic rings. The van der Waals surface area contributed by atoms with E-state index in [-0.39, 0.29) is 12.1 Å². The number of anilines is 1. The first kappa shape index (κ1) is 27.7. The van der Waals surface area contributed by atoms with Gasteiger partial charge in [0.25, 0.3) is 11.3 Å². The lowest BCUT2D eigenvalue weighted by Gasteiger charge is -2.36. The Bertz CT molecular complexity index is 1600. The third-order valence-corrected chi connectivity index (χ3v) is 8.18. The highest BCUT2D eigenvalue weighted by Crippen LogP contribution is 2.35. The molecular weight excluding hydrogens is 524 g/mol. The molecule has 1 amide bonds. The minimum atomic E-state index is -2.28. The summed E-state index contributed by atoms with van der Waals surface area (Å²) in [6, 6.07) is 23.7. The van der Waals surface area contributed by atoms with E-state index < -0.39 is 23.0 Å². The lowest BCUT2D eigenvalue weighted by Crippen LogP contribution is -2.46. The number of amides is 1. The zero-order chi connectivity index (χ0) is 28.4. The van der Waals surface area contributed by atoms with Gasteiger partial charge in [0.2, 0.25) is 0 Å². The third-order valence-electron chi connectivity index (χ3n) is 7.36. The van der Waals surface area contributed by atoms with Gasteiger partial charge in [0.15, 0.2) is 0 Å². The van der Waals surface area contributed by atoms with E-state index in [9.17, 15) is 18.8 Å². The van der Waals surface area contributed by atoms with Crippen molar-refractivity contribution in [3.8, 4) is 6.07 Å². The van der Waals surface area contributed by atoms with Crippen LogP contribution in [0.1, 0.15) is 57.6 Å². The lowest BCUT2D eigenvalue weighted by atomic mass is 9.91. The summed E-state index contributed by atoms with van der Waals surface area (Å²) in [4.78, 5) is 12.3. The summed E-state index contributed by atoms with van der Waals surface area (Å²) < 4.78 is 32.5. The number of alkyl carbamates (subject to hydrolysis) is 1. The molecule has 1 aliphatic carbocycles. The monoisotopic (exact) mass is 558 g/mol. The van der Waals surface area contributed by atoms with Crippen molar-refractivity contribution in [2.45, 2.75) is 70.7 Å². The maximum Gasteiger partial charge on any atom is 0.407 e. The topological polar surface area (TPSA) is 108 Å². The molecule has 1 heterocycles. The van der Waals surface area contributed by atoms with Gasteiger partial charge in [-0.1, -0.05) is 48.5 Å². The minimum absolute atomic E-state index is 0.0557. The molecule has 208 valence electrons. The predicted octanol–water partition coefficient (Wildman–Crippen LogP) is 6.49. The summed E-state index contributed by atoms with van der Waals surface area (Å²) in [5.41, 5.74) is 1.86. The second-order valence-corrected chi connectivity index (χ2v) is 12.2. The number of fused-ring (bicyclic) bond motifs is 2. The van der Waals surface area contributed by atoms with E-state index in [1.54, 1.807) is 10.4 Å². The van der Waals surface area contributed by atoms with Gasteiger partial charge in [0, 0.05) is 17.5 Å². The molecule has 0 bridgehead atoms. The molecule has 0 aliphatic heterocycles. The molecule has 1 atom stereocenters. The molecule has 1 aromatic heterocycles. The Morgan fingerprint density at radius 2 is 1.80 bits per heavy atom. The number of carbonyl (C=O) groups excluding carboxylic acids is 1. The summed E-state index contributed by atoms with van der Waals surface area (Å²) in [5.74, 6) is 0.627. The molecule has 3 aromatic carbocycles. The van der Waals surface area contributed by atoms with E-state index in [4.69, 9.17) is 4.74 Å². The van der Waals surface area contributed by atoms with Crippen molar-refractivity contribution in [1.82, 2.24) is 9.88 Å². The molecule has 0 saturated heterocycles. The van der Waals surface area contributed by atoms with Crippen molar-refractivity contribution in [3.05, 3.63) is 77.9 Å². The summed E-state index contributed by atoms with van der Waals surface area (Å²) >= 11 is -2.28. The van der Waals surface area contributed by atoms with E-state index in [2.05, 4.69) is 35.7 Å². The maximum atomic E-state index is 12.9. The van der Waals surface area contributed by atoms with Crippen molar-refractivity contribution in [2.24, 2.45) is 0 Å². The molecule has 0 radical (unpaired) electrons. The number of nitriles is 1. The molecule has 9 heteroatoms. The zero-order valence-electron chi connectivity index (χ0n) is 23.0. The quantitative estimate of drug-likeness (QED) is 0.263. The molecule has 5 rings (SSSR count). The number of carbonyl (C=O) groups is 1. The van der Waals surface area contributed by atoms with Gasteiger partial charge < -0.3 is 14.6 Å². The molecule has 2 N–H and O–H groups in total. The highest BCUT2D eigenvalue weighted by Gasteiger charge is 2.32. The maximum absolute atomic E-state index is 12.9. The predicted molar refractivity (Wildman–Crippen MR) is 158 cm³/mol. The Kier molecular flexibility index (Phi) is 7.83. The Morgan fingerprint density at radius 1 is 1.07 bits per heavy atom. The Balaban J connectivity index is 1.48. The third kappa shape index (κ3) is 5.98. The van der Waals surface area contributed by atoms with E-state index >= 15 is 0 Å². The van der Waals surface area contributed by atoms with Crippen molar-refractivity contribution in [2.75, 3.05) is 4.31 Å². The minimum Gasteiger partial charge on any atom is -0.444 e. The number of rotatable bonds is 6. The van der Waals surface area contributed by atoms with Gasteiger partial charge in [-0.05, 0) is 81.0 Å². The average Bonchev–Trinajstić information content (AvgIpc) is 3.25. The van der Waals surface area contributed by atoms with Gasteiger partial charge in [0.05, 0.1) is 23.7 Å². The van der Waals surface area contributed by atoms with Gasteiger partial charge >= 0.3 is 6.09 Å². The van der Waals surface area contributed by atoms with Crippen molar-refractivity contribution < 1.29 is 18.3 Å². The van der Waals surface area contributed by atoms with E-state index in [1.165, 1.54) is 0 Å².